The smallest absolute Gasteiger partial charge is 0.255 e. The first-order valence-corrected chi connectivity index (χ1v) is 12.1. The van der Waals surface area contributed by atoms with Gasteiger partial charge in [0, 0.05) is 11.3 Å². The maximum Gasteiger partial charge on any atom is 0.255 e. The Morgan fingerprint density at radius 1 is 1.00 bits per heavy atom. The zero-order valence-corrected chi connectivity index (χ0v) is 19.4. The lowest BCUT2D eigenvalue weighted by atomic mass is 10.1. The Morgan fingerprint density at radius 2 is 1.62 bits per heavy atom. The van der Waals surface area contributed by atoms with Crippen molar-refractivity contribution < 1.29 is 13.2 Å². The number of anilines is 2. The molecule has 0 atom stereocenters. The number of hydrogen-bond donors (Lipinski definition) is 1. The molecule has 1 amide bonds. The molecule has 3 aromatic carbocycles. The standard InChI is InChI=1S/C23H19Cl2N3O3S/c1-32(30,31)28(21-4-2-3-20(24)22(21)25)15-17-5-9-18(10-6-17)23(29)27-19-11-7-16(8-12-19)13-14-26/h2-12H,13,15H2,1H3,(H,27,29). The molecule has 0 aromatic heterocycles. The molecule has 0 aliphatic carbocycles. The average Bonchev–Trinajstić information content (AvgIpc) is 2.75. The summed E-state index contributed by atoms with van der Waals surface area (Å²) in [5.74, 6) is -0.303. The molecule has 0 radical (unpaired) electrons. The molecule has 3 rings (SSSR count). The van der Waals surface area contributed by atoms with Crippen molar-refractivity contribution in [3.05, 3.63) is 93.5 Å². The molecule has 0 saturated carbocycles. The first kappa shape index (κ1) is 23.6. The highest BCUT2D eigenvalue weighted by atomic mass is 35.5. The van der Waals surface area contributed by atoms with Gasteiger partial charge in [0.05, 0.1) is 41.0 Å². The minimum absolute atomic E-state index is 0.0289. The minimum Gasteiger partial charge on any atom is -0.322 e. The molecule has 0 spiro atoms. The molecular weight excluding hydrogens is 469 g/mol. The largest absolute Gasteiger partial charge is 0.322 e. The Bertz CT molecular complexity index is 1270. The summed E-state index contributed by atoms with van der Waals surface area (Å²) in [4.78, 5) is 12.5. The van der Waals surface area contributed by atoms with Crippen molar-refractivity contribution in [2.45, 2.75) is 13.0 Å². The van der Waals surface area contributed by atoms with Crippen LogP contribution in [0.4, 0.5) is 11.4 Å². The number of rotatable bonds is 7. The molecule has 0 heterocycles. The number of carbonyl (C=O) groups is 1. The summed E-state index contributed by atoms with van der Waals surface area (Å²) in [6.45, 7) is 0.0289. The molecular formula is C23H19Cl2N3O3S. The predicted molar refractivity (Wildman–Crippen MR) is 128 cm³/mol. The lowest BCUT2D eigenvalue weighted by Gasteiger charge is -2.24. The van der Waals surface area contributed by atoms with E-state index in [1.54, 1.807) is 66.7 Å². The number of amides is 1. The summed E-state index contributed by atoms with van der Waals surface area (Å²) < 4.78 is 25.9. The number of halogens is 2. The van der Waals surface area contributed by atoms with Gasteiger partial charge in [-0.1, -0.05) is 53.5 Å². The molecule has 32 heavy (non-hydrogen) atoms. The summed E-state index contributed by atoms with van der Waals surface area (Å²) in [5, 5.41) is 11.9. The van der Waals surface area contributed by atoms with E-state index in [4.69, 9.17) is 28.5 Å². The van der Waals surface area contributed by atoms with Gasteiger partial charge in [0.2, 0.25) is 10.0 Å². The lowest BCUT2D eigenvalue weighted by molar-refractivity contribution is 0.102. The van der Waals surface area contributed by atoms with Crippen LogP contribution in [0, 0.1) is 11.3 Å². The van der Waals surface area contributed by atoms with E-state index in [0.717, 1.165) is 11.8 Å². The van der Waals surface area contributed by atoms with Crippen molar-refractivity contribution >= 4 is 50.5 Å². The molecule has 0 fully saturated rings. The van der Waals surface area contributed by atoms with Gasteiger partial charge in [-0.05, 0) is 47.5 Å². The monoisotopic (exact) mass is 487 g/mol. The van der Waals surface area contributed by atoms with E-state index in [2.05, 4.69) is 11.4 Å². The van der Waals surface area contributed by atoms with Gasteiger partial charge in [0.1, 0.15) is 0 Å². The molecule has 0 aliphatic rings. The molecule has 3 aromatic rings. The zero-order valence-electron chi connectivity index (χ0n) is 17.0. The van der Waals surface area contributed by atoms with Gasteiger partial charge in [-0.25, -0.2) is 8.42 Å². The first-order valence-electron chi connectivity index (χ1n) is 9.47. The minimum atomic E-state index is -3.64. The number of nitrogens with zero attached hydrogens (tertiary/aromatic N) is 2. The Hall–Kier alpha value is -3.05. The molecule has 9 heteroatoms. The average molecular weight is 488 g/mol. The van der Waals surface area contributed by atoms with Gasteiger partial charge in [-0.15, -0.1) is 0 Å². The van der Waals surface area contributed by atoms with Crippen molar-refractivity contribution in [1.29, 1.82) is 5.26 Å². The number of carbonyl (C=O) groups excluding carboxylic acids is 1. The highest BCUT2D eigenvalue weighted by Crippen LogP contribution is 2.34. The number of sulfonamides is 1. The first-order chi connectivity index (χ1) is 15.2. The third kappa shape index (κ3) is 5.80. The van der Waals surface area contributed by atoms with Gasteiger partial charge in [-0.3, -0.25) is 9.10 Å². The van der Waals surface area contributed by atoms with Crippen LogP contribution in [0.25, 0.3) is 0 Å². The molecule has 0 saturated heterocycles. The van der Waals surface area contributed by atoms with Crippen LogP contribution >= 0.6 is 23.2 Å². The third-order valence-electron chi connectivity index (χ3n) is 4.64. The Balaban J connectivity index is 1.75. The van der Waals surface area contributed by atoms with E-state index >= 15 is 0 Å². The van der Waals surface area contributed by atoms with E-state index in [1.807, 2.05) is 0 Å². The van der Waals surface area contributed by atoms with Gasteiger partial charge in [-0.2, -0.15) is 5.26 Å². The Kier molecular flexibility index (Phi) is 7.41. The maximum atomic E-state index is 12.5. The van der Waals surface area contributed by atoms with Gasteiger partial charge in [0.15, 0.2) is 0 Å². The number of benzene rings is 3. The predicted octanol–water partition coefficient (Wildman–Crippen LogP) is 5.28. The zero-order chi connectivity index (χ0) is 23.3. The normalized spacial score (nSPS) is 10.9. The van der Waals surface area contributed by atoms with Crippen LogP contribution in [0.3, 0.4) is 0 Å². The summed E-state index contributed by atoms with van der Waals surface area (Å²) in [6, 6.07) is 20.5. The van der Waals surface area contributed by atoms with Gasteiger partial charge >= 0.3 is 0 Å². The van der Waals surface area contributed by atoms with Crippen LogP contribution in [-0.2, 0) is 23.0 Å². The second-order valence-corrected chi connectivity index (χ2v) is 9.72. The van der Waals surface area contributed by atoms with E-state index in [1.165, 1.54) is 4.31 Å². The van der Waals surface area contributed by atoms with Gasteiger partial charge < -0.3 is 5.32 Å². The fourth-order valence-corrected chi connectivity index (χ4v) is 4.33. The molecule has 0 unspecified atom stereocenters. The van der Waals surface area contributed by atoms with Crippen molar-refractivity contribution in [3.8, 4) is 6.07 Å². The molecule has 164 valence electrons. The van der Waals surface area contributed by atoms with Crippen molar-refractivity contribution in [1.82, 2.24) is 0 Å². The highest BCUT2D eigenvalue weighted by molar-refractivity contribution is 7.92. The number of nitriles is 1. The van der Waals surface area contributed by atoms with Crippen LogP contribution in [0.1, 0.15) is 21.5 Å². The quantitative estimate of drug-likeness (QED) is 0.490. The summed E-state index contributed by atoms with van der Waals surface area (Å²) >= 11 is 12.3. The number of nitrogens with one attached hydrogen (secondary N) is 1. The van der Waals surface area contributed by atoms with E-state index in [0.29, 0.717) is 23.2 Å². The fourth-order valence-electron chi connectivity index (χ4n) is 2.99. The second-order valence-electron chi connectivity index (χ2n) is 7.03. The van der Waals surface area contributed by atoms with Crippen LogP contribution in [0.15, 0.2) is 66.7 Å². The highest BCUT2D eigenvalue weighted by Gasteiger charge is 2.21. The summed E-state index contributed by atoms with van der Waals surface area (Å²) in [6.07, 6.45) is 1.40. The maximum absolute atomic E-state index is 12.5. The Morgan fingerprint density at radius 3 is 2.22 bits per heavy atom. The topological polar surface area (TPSA) is 90.3 Å². The van der Waals surface area contributed by atoms with Crippen LogP contribution in [0.2, 0.25) is 10.0 Å². The van der Waals surface area contributed by atoms with E-state index < -0.39 is 10.0 Å². The van der Waals surface area contributed by atoms with Crippen LogP contribution in [-0.4, -0.2) is 20.6 Å². The lowest BCUT2D eigenvalue weighted by Crippen LogP contribution is -2.29. The Labute approximate surface area is 197 Å². The van der Waals surface area contributed by atoms with Gasteiger partial charge in [0.25, 0.3) is 5.91 Å². The molecule has 6 nitrogen and oxygen atoms in total. The van der Waals surface area contributed by atoms with Crippen LogP contribution < -0.4 is 9.62 Å². The molecule has 0 bridgehead atoms. The number of hydrogen-bond acceptors (Lipinski definition) is 4. The van der Waals surface area contributed by atoms with Crippen molar-refractivity contribution in [3.63, 3.8) is 0 Å². The SMILES string of the molecule is CS(=O)(=O)N(Cc1ccc(C(=O)Nc2ccc(CC#N)cc2)cc1)c1cccc(Cl)c1Cl. The fraction of sp³-hybridized carbons (Fsp3) is 0.130. The molecule has 0 aliphatic heterocycles. The van der Waals surface area contributed by atoms with E-state index in [-0.39, 0.29) is 28.2 Å². The van der Waals surface area contributed by atoms with Crippen molar-refractivity contribution in [2.24, 2.45) is 0 Å². The van der Waals surface area contributed by atoms with E-state index in [9.17, 15) is 13.2 Å². The second kappa shape index (κ2) is 10.0. The summed E-state index contributed by atoms with van der Waals surface area (Å²) in [5.41, 5.74) is 2.85. The van der Waals surface area contributed by atoms with Crippen LogP contribution in [0.5, 0.6) is 0 Å². The third-order valence-corrected chi connectivity index (χ3v) is 6.57. The summed E-state index contributed by atoms with van der Waals surface area (Å²) in [7, 11) is -3.64. The van der Waals surface area contributed by atoms with Crippen molar-refractivity contribution in [2.75, 3.05) is 15.9 Å². The molecule has 1 N–H and O–H groups in total.